The largest absolute Gasteiger partial charge is 0.406 e. The SMILES string of the molecule is Cc1cccc(NC(=O)c2cccn(OCc3cccc(Cl)c3)c2=O)c1C. The fraction of sp³-hybridized carbons (Fsp3) is 0.143. The van der Waals surface area contributed by atoms with E-state index in [1.54, 1.807) is 30.3 Å². The van der Waals surface area contributed by atoms with Gasteiger partial charge in [-0.3, -0.25) is 9.59 Å². The number of hydrogen-bond acceptors (Lipinski definition) is 3. The number of pyridine rings is 1. The summed E-state index contributed by atoms with van der Waals surface area (Å²) in [5.41, 5.74) is 2.99. The highest BCUT2D eigenvalue weighted by Crippen LogP contribution is 2.18. The number of nitrogens with zero attached hydrogens (tertiary/aromatic N) is 1. The van der Waals surface area contributed by atoms with E-state index in [2.05, 4.69) is 5.32 Å². The molecule has 0 atom stereocenters. The normalized spacial score (nSPS) is 10.5. The number of amides is 1. The first-order valence-electron chi connectivity index (χ1n) is 8.42. The van der Waals surface area contributed by atoms with Crippen LogP contribution < -0.4 is 15.7 Å². The van der Waals surface area contributed by atoms with E-state index in [1.807, 2.05) is 32.0 Å². The second-order valence-electron chi connectivity index (χ2n) is 6.16. The minimum atomic E-state index is -0.526. The molecule has 3 aromatic rings. The Morgan fingerprint density at radius 1 is 1.11 bits per heavy atom. The van der Waals surface area contributed by atoms with E-state index < -0.39 is 11.5 Å². The van der Waals surface area contributed by atoms with E-state index in [4.69, 9.17) is 16.4 Å². The Kier molecular flexibility index (Phi) is 5.62. The molecule has 3 rings (SSSR count). The lowest BCUT2D eigenvalue weighted by molar-refractivity contribution is 0.0863. The second-order valence-corrected chi connectivity index (χ2v) is 6.59. The zero-order valence-electron chi connectivity index (χ0n) is 15.0. The molecule has 2 aromatic carbocycles. The summed E-state index contributed by atoms with van der Waals surface area (Å²) in [6.07, 6.45) is 1.47. The number of aryl methyl sites for hydroxylation is 1. The third kappa shape index (κ3) is 4.38. The topological polar surface area (TPSA) is 60.3 Å². The molecule has 5 nitrogen and oxygen atoms in total. The molecular weight excluding hydrogens is 364 g/mol. The maximum absolute atomic E-state index is 12.6. The monoisotopic (exact) mass is 382 g/mol. The Morgan fingerprint density at radius 2 is 1.89 bits per heavy atom. The first-order chi connectivity index (χ1) is 13.0. The van der Waals surface area contributed by atoms with E-state index in [9.17, 15) is 9.59 Å². The fourth-order valence-electron chi connectivity index (χ4n) is 2.60. The molecule has 0 aliphatic heterocycles. The molecule has 0 spiro atoms. The van der Waals surface area contributed by atoms with Crippen LogP contribution in [0.25, 0.3) is 0 Å². The molecule has 0 bridgehead atoms. The predicted molar refractivity (Wildman–Crippen MR) is 106 cm³/mol. The van der Waals surface area contributed by atoms with Gasteiger partial charge in [0, 0.05) is 16.9 Å². The van der Waals surface area contributed by atoms with Gasteiger partial charge >= 0.3 is 0 Å². The van der Waals surface area contributed by atoms with Crippen molar-refractivity contribution in [2.45, 2.75) is 20.5 Å². The molecule has 0 aliphatic rings. The molecule has 0 radical (unpaired) electrons. The number of halogens is 1. The van der Waals surface area contributed by atoms with Crippen LogP contribution in [0.2, 0.25) is 5.02 Å². The minimum Gasteiger partial charge on any atom is -0.406 e. The van der Waals surface area contributed by atoms with Crippen molar-refractivity contribution in [3.8, 4) is 0 Å². The average Bonchev–Trinajstić information content (AvgIpc) is 2.64. The Bertz CT molecular complexity index is 1040. The molecule has 0 fully saturated rings. The summed E-state index contributed by atoms with van der Waals surface area (Å²) >= 11 is 5.95. The van der Waals surface area contributed by atoms with Crippen LogP contribution in [0.15, 0.2) is 65.6 Å². The van der Waals surface area contributed by atoms with Crippen molar-refractivity contribution in [2.75, 3.05) is 5.32 Å². The number of anilines is 1. The van der Waals surface area contributed by atoms with Crippen LogP contribution in [-0.2, 0) is 6.61 Å². The molecule has 1 heterocycles. The summed E-state index contributed by atoms with van der Waals surface area (Å²) in [6.45, 7) is 4.04. The maximum atomic E-state index is 12.6. The lowest BCUT2D eigenvalue weighted by Crippen LogP contribution is -2.32. The van der Waals surface area contributed by atoms with Crippen molar-refractivity contribution < 1.29 is 9.63 Å². The molecule has 1 amide bonds. The van der Waals surface area contributed by atoms with Gasteiger partial charge in [-0.25, -0.2) is 0 Å². The van der Waals surface area contributed by atoms with Crippen molar-refractivity contribution in [3.05, 3.63) is 98.4 Å². The fourth-order valence-corrected chi connectivity index (χ4v) is 2.81. The van der Waals surface area contributed by atoms with Crippen LogP contribution in [0.1, 0.15) is 27.0 Å². The number of nitrogens with one attached hydrogen (secondary N) is 1. The van der Waals surface area contributed by atoms with E-state index in [0.717, 1.165) is 21.4 Å². The molecule has 0 unspecified atom stereocenters. The van der Waals surface area contributed by atoms with Gasteiger partial charge in [0.2, 0.25) is 0 Å². The summed E-state index contributed by atoms with van der Waals surface area (Å²) in [5, 5.41) is 3.38. The predicted octanol–water partition coefficient (Wildman–Crippen LogP) is 4.00. The Balaban J connectivity index is 1.79. The zero-order valence-corrected chi connectivity index (χ0v) is 15.8. The Morgan fingerprint density at radius 3 is 2.67 bits per heavy atom. The van der Waals surface area contributed by atoms with Gasteiger partial charge in [-0.2, -0.15) is 4.73 Å². The summed E-state index contributed by atoms with van der Waals surface area (Å²) in [7, 11) is 0. The average molecular weight is 383 g/mol. The van der Waals surface area contributed by atoms with Gasteiger partial charge in [0.05, 0.1) is 0 Å². The van der Waals surface area contributed by atoms with E-state index in [-0.39, 0.29) is 12.2 Å². The molecule has 1 aromatic heterocycles. The molecule has 0 saturated carbocycles. The number of benzene rings is 2. The number of hydrogen-bond donors (Lipinski definition) is 1. The van der Waals surface area contributed by atoms with Crippen molar-refractivity contribution in [2.24, 2.45) is 0 Å². The van der Waals surface area contributed by atoms with E-state index in [1.165, 1.54) is 12.3 Å². The Hall–Kier alpha value is -3.05. The van der Waals surface area contributed by atoms with Gasteiger partial charge < -0.3 is 10.2 Å². The van der Waals surface area contributed by atoms with Crippen molar-refractivity contribution >= 4 is 23.2 Å². The van der Waals surface area contributed by atoms with E-state index >= 15 is 0 Å². The third-order valence-corrected chi connectivity index (χ3v) is 4.51. The van der Waals surface area contributed by atoms with Gasteiger partial charge in [-0.15, -0.1) is 0 Å². The summed E-state index contributed by atoms with van der Waals surface area (Å²) in [4.78, 5) is 30.7. The third-order valence-electron chi connectivity index (χ3n) is 4.27. The van der Waals surface area contributed by atoms with Crippen LogP contribution in [0.5, 0.6) is 0 Å². The first-order valence-corrected chi connectivity index (χ1v) is 8.80. The molecule has 27 heavy (non-hydrogen) atoms. The first kappa shape index (κ1) is 18.7. The van der Waals surface area contributed by atoms with Crippen LogP contribution in [0.4, 0.5) is 5.69 Å². The summed E-state index contributed by atoms with van der Waals surface area (Å²) in [5.74, 6) is -0.477. The van der Waals surface area contributed by atoms with Gasteiger partial charge in [0.25, 0.3) is 11.5 Å². The van der Waals surface area contributed by atoms with Crippen LogP contribution >= 0.6 is 11.6 Å². The van der Waals surface area contributed by atoms with Gasteiger partial charge in [0.1, 0.15) is 12.2 Å². The van der Waals surface area contributed by atoms with Crippen molar-refractivity contribution in [3.63, 3.8) is 0 Å². The number of carbonyl (C=O) groups excluding carboxylic acids is 1. The zero-order chi connectivity index (χ0) is 19.4. The van der Waals surface area contributed by atoms with Crippen LogP contribution in [0, 0.1) is 13.8 Å². The summed E-state index contributed by atoms with van der Waals surface area (Å²) < 4.78 is 1.05. The van der Waals surface area contributed by atoms with Crippen molar-refractivity contribution in [1.29, 1.82) is 0 Å². The molecular formula is C21H19ClN2O3. The van der Waals surface area contributed by atoms with Crippen LogP contribution in [0.3, 0.4) is 0 Å². The van der Waals surface area contributed by atoms with Crippen molar-refractivity contribution in [1.82, 2.24) is 4.73 Å². The number of aromatic nitrogens is 1. The number of carbonyl (C=O) groups is 1. The highest BCUT2D eigenvalue weighted by atomic mass is 35.5. The number of rotatable bonds is 5. The van der Waals surface area contributed by atoms with Gasteiger partial charge in [-0.05, 0) is 60.9 Å². The van der Waals surface area contributed by atoms with Crippen LogP contribution in [-0.4, -0.2) is 10.6 Å². The highest BCUT2D eigenvalue weighted by Gasteiger charge is 2.14. The summed E-state index contributed by atoms with van der Waals surface area (Å²) in [6, 6.07) is 15.8. The molecule has 6 heteroatoms. The standard InChI is InChI=1S/C21H19ClN2O3/c1-14-6-3-10-19(15(14)2)23-20(25)18-9-5-11-24(21(18)26)27-13-16-7-4-8-17(22)12-16/h3-12H,13H2,1-2H3,(H,23,25). The Labute approximate surface area is 162 Å². The highest BCUT2D eigenvalue weighted by molar-refractivity contribution is 6.30. The second kappa shape index (κ2) is 8.10. The molecule has 1 N–H and O–H groups in total. The molecule has 0 saturated heterocycles. The lowest BCUT2D eigenvalue weighted by atomic mass is 10.1. The molecule has 0 aliphatic carbocycles. The molecule has 138 valence electrons. The van der Waals surface area contributed by atoms with E-state index in [0.29, 0.717) is 10.7 Å². The quantitative estimate of drug-likeness (QED) is 0.725. The lowest BCUT2D eigenvalue weighted by Gasteiger charge is -2.12. The minimum absolute atomic E-state index is 0.00417. The maximum Gasteiger partial charge on any atom is 0.295 e. The van der Waals surface area contributed by atoms with Gasteiger partial charge in [-0.1, -0.05) is 35.9 Å². The van der Waals surface area contributed by atoms with Gasteiger partial charge in [0.15, 0.2) is 0 Å². The smallest absolute Gasteiger partial charge is 0.295 e.